The van der Waals surface area contributed by atoms with E-state index < -0.39 is 10.0 Å². The van der Waals surface area contributed by atoms with Crippen LogP contribution in [0.15, 0.2) is 41.8 Å². The van der Waals surface area contributed by atoms with Crippen LogP contribution in [-0.4, -0.2) is 18.4 Å². The zero-order valence-corrected chi connectivity index (χ0v) is 11.2. The molecule has 3 rings (SSSR count). The molecule has 1 aliphatic rings. The third kappa shape index (κ3) is 2.41. The Morgan fingerprint density at radius 2 is 2.16 bits per heavy atom. The predicted molar refractivity (Wildman–Crippen MR) is 71.0 cm³/mol. The van der Waals surface area contributed by atoms with Gasteiger partial charge in [-0.3, -0.25) is 0 Å². The lowest BCUT2D eigenvalue weighted by Crippen LogP contribution is -2.31. The van der Waals surface area contributed by atoms with Gasteiger partial charge >= 0.3 is 0 Å². The summed E-state index contributed by atoms with van der Waals surface area (Å²) in [7, 11) is -3.58. The van der Waals surface area contributed by atoms with Crippen molar-refractivity contribution in [3.05, 3.63) is 47.8 Å². The second-order valence-corrected chi connectivity index (χ2v) is 6.29. The summed E-state index contributed by atoms with van der Waals surface area (Å²) in [5, 5.41) is -0.0319. The second kappa shape index (κ2) is 4.79. The van der Waals surface area contributed by atoms with Gasteiger partial charge in [0.15, 0.2) is 0 Å². The molecule has 1 aromatic heterocycles. The van der Waals surface area contributed by atoms with Crippen molar-refractivity contribution >= 4 is 10.0 Å². The molecule has 0 fully saturated rings. The molecule has 1 aromatic carbocycles. The highest BCUT2D eigenvalue weighted by molar-refractivity contribution is 7.89. The van der Waals surface area contributed by atoms with Crippen LogP contribution >= 0.6 is 0 Å². The van der Waals surface area contributed by atoms with Crippen LogP contribution in [0.1, 0.15) is 30.0 Å². The fourth-order valence-corrected chi connectivity index (χ4v) is 3.67. The normalized spacial score (nSPS) is 19.1. The Bertz CT molecular complexity index is 665. The Labute approximate surface area is 112 Å². The SMILES string of the molecule is O=S(=O)(NC1CCCc2ccccc21)c1ncc[nH]1. The van der Waals surface area contributed by atoms with Gasteiger partial charge in [-0.15, -0.1) is 0 Å². The van der Waals surface area contributed by atoms with E-state index in [9.17, 15) is 8.42 Å². The molecule has 1 unspecified atom stereocenters. The van der Waals surface area contributed by atoms with E-state index in [0.29, 0.717) is 0 Å². The third-order valence-electron chi connectivity index (χ3n) is 3.39. The number of H-pyrrole nitrogens is 1. The molecular formula is C13H15N3O2S. The minimum Gasteiger partial charge on any atom is -0.334 e. The smallest absolute Gasteiger partial charge is 0.274 e. The zero-order chi connectivity index (χ0) is 13.3. The van der Waals surface area contributed by atoms with Gasteiger partial charge in [0, 0.05) is 18.4 Å². The van der Waals surface area contributed by atoms with E-state index in [4.69, 9.17) is 0 Å². The van der Waals surface area contributed by atoms with E-state index in [2.05, 4.69) is 20.8 Å². The van der Waals surface area contributed by atoms with Crippen LogP contribution in [0.3, 0.4) is 0 Å². The predicted octanol–water partition coefficient (Wildman–Crippen LogP) is 1.77. The van der Waals surface area contributed by atoms with E-state index in [0.717, 1.165) is 24.8 Å². The zero-order valence-electron chi connectivity index (χ0n) is 10.3. The maximum atomic E-state index is 12.2. The molecule has 5 nitrogen and oxygen atoms in total. The van der Waals surface area contributed by atoms with Gasteiger partial charge in [0.25, 0.3) is 10.0 Å². The maximum Gasteiger partial charge on any atom is 0.274 e. The molecule has 1 aliphatic carbocycles. The summed E-state index contributed by atoms with van der Waals surface area (Å²) < 4.78 is 27.1. The van der Waals surface area contributed by atoms with Crippen molar-refractivity contribution in [1.82, 2.24) is 14.7 Å². The standard InChI is InChI=1S/C13H15N3O2S/c17-19(18,13-14-8-9-15-13)16-12-7-3-5-10-4-1-2-6-11(10)12/h1-2,4,6,8-9,12,16H,3,5,7H2,(H,14,15). The summed E-state index contributed by atoms with van der Waals surface area (Å²) >= 11 is 0. The third-order valence-corrected chi connectivity index (χ3v) is 4.72. The number of sulfonamides is 1. The first kappa shape index (κ1) is 12.4. The first-order chi connectivity index (χ1) is 9.17. The molecule has 6 heteroatoms. The topological polar surface area (TPSA) is 74.8 Å². The molecule has 0 saturated heterocycles. The van der Waals surface area contributed by atoms with Crippen LogP contribution in [0, 0.1) is 0 Å². The van der Waals surface area contributed by atoms with Crippen molar-refractivity contribution in [2.75, 3.05) is 0 Å². The Balaban J connectivity index is 1.90. The molecular weight excluding hydrogens is 262 g/mol. The van der Waals surface area contributed by atoms with Crippen LogP contribution in [0.5, 0.6) is 0 Å². The number of hydrogen-bond acceptors (Lipinski definition) is 3. The number of benzene rings is 1. The van der Waals surface area contributed by atoms with E-state index in [-0.39, 0.29) is 11.2 Å². The molecule has 0 bridgehead atoms. The molecule has 19 heavy (non-hydrogen) atoms. The Morgan fingerprint density at radius 3 is 2.95 bits per heavy atom. The second-order valence-electron chi connectivity index (χ2n) is 4.66. The summed E-state index contributed by atoms with van der Waals surface area (Å²) in [5.41, 5.74) is 2.30. The van der Waals surface area contributed by atoms with Crippen LogP contribution < -0.4 is 4.72 Å². The number of nitrogens with zero attached hydrogens (tertiary/aromatic N) is 1. The molecule has 1 heterocycles. The number of nitrogens with one attached hydrogen (secondary N) is 2. The lowest BCUT2D eigenvalue weighted by molar-refractivity contribution is 0.504. The number of rotatable bonds is 3. The van der Waals surface area contributed by atoms with Gasteiger partial charge in [-0.2, -0.15) is 0 Å². The number of fused-ring (bicyclic) bond motifs is 1. The van der Waals surface area contributed by atoms with E-state index in [1.54, 1.807) is 0 Å². The highest BCUT2D eigenvalue weighted by Gasteiger charge is 2.26. The highest BCUT2D eigenvalue weighted by atomic mass is 32.2. The van der Waals surface area contributed by atoms with Gasteiger partial charge in [0.2, 0.25) is 5.16 Å². The largest absolute Gasteiger partial charge is 0.334 e. The molecule has 100 valence electrons. The van der Waals surface area contributed by atoms with Crippen molar-refractivity contribution in [3.8, 4) is 0 Å². The molecule has 0 saturated carbocycles. The summed E-state index contributed by atoms with van der Waals surface area (Å²) in [5.74, 6) is 0. The molecule has 1 atom stereocenters. The number of imidazole rings is 1. The average molecular weight is 277 g/mol. The lowest BCUT2D eigenvalue weighted by atomic mass is 9.88. The highest BCUT2D eigenvalue weighted by Crippen LogP contribution is 2.30. The monoisotopic (exact) mass is 277 g/mol. The van der Waals surface area contributed by atoms with Crippen LogP contribution in [0.2, 0.25) is 0 Å². The Kier molecular flexibility index (Phi) is 3.12. The first-order valence-electron chi connectivity index (χ1n) is 6.26. The van der Waals surface area contributed by atoms with Gasteiger partial charge in [0.05, 0.1) is 0 Å². The quantitative estimate of drug-likeness (QED) is 0.897. The summed E-state index contributed by atoms with van der Waals surface area (Å²) in [6, 6.07) is 7.81. The molecule has 0 amide bonds. The van der Waals surface area contributed by atoms with Gasteiger partial charge in [-0.25, -0.2) is 18.1 Å². The number of aryl methyl sites for hydroxylation is 1. The molecule has 2 N–H and O–H groups in total. The van der Waals surface area contributed by atoms with E-state index in [1.807, 2.05) is 18.2 Å². The molecule has 2 aromatic rings. The van der Waals surface area contributed by atoms with Crippen LogP contribution in [-0.2, 0) is 16.4 Å². The van der Waals surface area contributed by atoms with Crippen molar-refractivity contribution in [1.29, 1.82) is 0 Å². The summed E-state index contributed by atoms with van der Waals surface area (Å²) in [4.78, 5) is 6.43. The van der Waals surface area contributed by atoms with Gasteiger partial charge in [-0.05, 0) is 30.4 Å². The van der Waals surface area contributed by atoms with Crippen molar-refractivity contribution < 1.29 is 8.42 Å². The lowest BCUT2D eigenvalue weighted by Gasteiger charge is -2.25. The summed E-state index contributed by atoms with van der Waals surface area (Å²) in [6.45, 7) is 0. The van der Waals surface area contributed by atoms with E-state index in [1.165, 1.54) is 18.0 Å². The fraction of sp³-hybridized carbons (Fsp3) is 0.308. The Morgan fingerprint density at radius 1 is 1.32 bits per heavy atom. The van der Waals surface area contributed by atoms with E-state index >= 15 is 0 Å². The van der Waals surface area contributed by atoms with Crippen molar-refractivity contribution in [2.24, 2.45) is 0 Å². The van der Waals surface area contributed by atoms with Gasteiger partial charge in [-0.1, -0.05) is 24.3 Å². The maximum absolute atomic E-state index is 12.2. The number of aromatic amines is 1. The van der Waals surface area contributed by atoms with Gasteiger partial charge < -0.3 is 4.98 Å². The van der Waals surface area contributed by atoms with Crippen molar-refractivity contribution in [3.63, 3.8) is 0 Å². The first-order valence-corrected chi connectivity index (χ1v) is 7.75. The fourth-order valence-electron chi connectivity index (χ4n) is 2.52. The Hall–Kier alpha value is -1.66. The number of hydrogen-bond donors (Lipinski definition) is 2. The van der Waals surface area contributed by atoms with Crippen LogP contribution in [0.4, 0.5) is 0 Å². The molecule has 0 spiro atoms. The molecule has 0 radical (unpaired) electrons. The number of aromatic nitrogens is 2. The molecule has 0 aliphatic heterocycles. The van der Waals surface area contributed by atoms with Gasteiger partial charge in [0.1, 0.15) is 0 Å². The summed E-state index contributed by atoms with van der Waals surface area (Å²) in [6.07, 6.45) is 5.75. The minimum absolute atomic E-state index is 0.0319. The van der Waals surface area contributed by atoms with Crippen molar-refractivity contribution in [2.45, 2.75) is 30.5 Å². The minimum atomic E-state index is -3.58. The van der Waals surface area contributed by atoms with Crippen LogP contribution in [0.25, 0.3) is 0 Å². The average Bonchev–Trinajstić information content (AvgIpc) is 2.93.